The summed E-state index contributed by atoms with van der Waals surface area (Å²) in [4.78, 5) is 38.3. The summed E-state index contributed by atoms with van der Waals surface area (Å²) in [5.41, 5.74) is 0. The summed E-state index contributed by atoms with van der Waals surface area (Å²) in [5, 5.41) is 0. The molecule has 0 bridgehead atoms. The molecule has 0 saturated heterocycles. The van der Waals surface area contributed by atoms with E-state index in [0.29, 0.717) is 19.3 Å². The van der Waals surface area contributed by atoms with Crippen LogP contribution >= 0.6 is 0 Å². The summed E-state index contributed by atoms with van der Waals surface area (Å²) >= 11 is 0. The highest BCUT2D eigenvalue weighted by Gasteiger charge is 2.19. The normalized spacial score (nSPS) is 13.0. The Balaban J connectivity index is 4.26. The lowest BCUT2D eigenvalue weighted by Gasteiger charge is -2.18. The van der Waals surface area contributed by atoms with E-state index < -0.39 is 6.10 Å². The van der Waals surface area contributed by atoms with Gasteiger partial charge < -0.3 is 14.2 Å². The maximum atomic E-state index is 12.9. The molecule has 0 aromatic rings. The molecule has 0 amide bonds. The fraction of sp³-hybridized carbons (Fsp3) is 0.662. The molecule has 6 heteroatoms. The minimum atomic E-state index is -0.797. The summed E-state index contributed by atoms with van der Waals surface area (Å²) in [6.07, 6.45) is 94.6. The van der Waals surface area contributed by atoms with Crippen LogP contribution in [0.4, 0.5) is 0 Å². The number of rotatable bonds is 59. The largest absolute Gasteiger partial charge is 0.462 e. The number of carbonyl (C=O) groups is 3. The fourth-order valence-electron chi connectivity index (χ4n) is 8.90. The van der Waals surface area contributed by atoms with E-state index in [1.807, 2.05) is 0 Å². The fourth-order valence-corrected chi connectivity index (χ4v) is 8.90. The second-order valence-electron chi connectivity index (χ2n) is 21.6. The van der Waals surface area contributed by atoms with Crippen molar-refractivity contribution >= 4 is 17.9 Å². The van der Waals surface area contributed by atoms with Gasteiger partial charge in [-0.2, -0.15) is 0 Å². The summed E-state index contributed by atoms with van der Waals surface area (Å²) in [6.45, 7) is 6.43. The average molecular weight is 1110 g/mol. The molecule has 0 spiro atoms. The van der Waals surface area contributed by atoms with Crippen LogP contribution in [0.15, 0.2) is 134 Å². The van der Waals surface area contributed by atoms with E-state index in [1.54, 1.807) is 0 Å². The molecular formula is C74H122O6. The van der Waals surface area contributed by atoms with Gasteiger partial charge in [-0.25, -0.2) is 0 Å². The number of esters is 3. The zero-order valence-corrected chi connectivity index (χ0v) is 52.0. The zero-order valence-electron chi connectivity index (χ0n) is 52.0. The first-order valence-electron chi connectivity index (χ1n) is 33.2. The Morgan fingerprint density at radius 1 is 0.263 bits per heavy atom. The van der Waals surface area contributed by atoms with Crippen LogP contribution in [0.2, 0.25) is 0 Å². The number of hydrogen-bond donors (Lipinski definition) is 0. The third-order valence-corrected chi connectivity index (χ3v) is 13.8. The molecule has 0 aliphatic heterocycles. The number of hydrogen-bond acceptors (Lipinski definition) is 6. The Morgan fingerprint density at radius 2 is 0.512 bits per heavy atom. The molecule has 0 aliphatic carbocycles. The van der Waals surface area contributed by atoms with Crippen molar-refractivity contribution in [2.24, 2.45) is 0 Å². The molecule has 0 aromatic carbocycles. The van der Waals surface area contributed by atoms with Gasteiger partial charge in [0.1, 0.15) is 13.2 Å². The highest BCUT2D eigenvalue weighted by Crippen LogP contribution is 2.15. The Hall–Kier alpha value is -4.45. The van der Waals surface area contributed by atoms with Gasteiger partial charge in [0.25, 0.3) is 0 Å². The number of allylic oxidation sites excluding steroid dienone is 22. The van der Waals surface area contributed by atoms with Crippen molar-refractivity contribution in [2.45, 2.75) is 303 Å². The van der Waals surface area contributed by atoms with E-state index in [4.69, 9.17) is 14.2 Å². The van der Waals surface area contributed by atoms with Crippen molar-refractivity contribution in [2.75, 3.05) is 13.2 Å². The van der Waals surface area contributed by atoms with Gasteiger partial charge in [0, 0.05) is 19.3 Å². The Kier molecular flexibility index (Phi) is 63.3. The predicted octanol–water partition coefficient (Wildman–Crippen LogP) is 22.9. The molecule has 6 nitrogen and oxygen atoms in total. The van der Waals surface area contributed by atoms with Crippen LogP contribution in [0.5, 0.6) is 0 Å². The summed E-state index contributed by atoms with van der Waals surface area (Å²) in [5.74, 6) is -0.920. The van der Waals surface area contributed by atoms with Crippen LogP contribution in [-0.2, 0) is 28.6 Å². The second-order valence-corrected chi connectivity index (χ2v) is 21.6. The molecule has 0 saturated carbocycles. The van der Waals surface area contributed by atoms with Crippen molar-refractivity contribution in [1.82, 2.24) is 0 Å². The van der Waals surface area contributed by atoms with Gasteiger partial charge in [0.05, 0.1) is 0 Å². The Morgan fingerprint density at radius 3 is 0.812 bits per heavy atom. The van der Waals surface area contributed by atoms with E-state index in [-0.39, 0.29) is 31.1 Å². The molecule has 1 atom stereocenters. The van der Waals surface area contributed by atoms with Crippen LogP contribution in [0.1, 0.15) is 297 Å². The van der Waals surface area contributed by atoms with E-state index >= 15 is 0 Å². The molecule has 80 heavy (non-hydrogen) atoms. The minimum Gasteiger partial charge on any atom is -0.462 e. The molecule has 0 aliphatic rings. The van der Waals surface area contributed by atoms with Crippen LogP contribution in [0.25, 0.3) is 0 Å². The third kappa shape index (κ3) is 64.4. The van der Waals surface area contributed by atoms with Crippen LogP contribution in [-0.4, -0.2) is 37.2 Å². The topological polar surface area (TPSA) is 78.9 Å². The highest BCUT2D eigenvalue weighted by atomic mass is 16.6. The second kappa shape index (κ2) is 67.1. The maximum absolute atomic E-state index is 12.9. The lowest BCUT2D eigenvalue weighted by atomic mass is 10.0. The first-order chi connectivity index (χ1) is 39.5. The van der Waals surface area contributed by atoms with Gasteiger partial charge >= 0.3 is 17.9 Å². The summed E-state index contributed by atoms with van der Waals surface area (Å²) < 4.78 is 16.9. The zero-order chi connectivity index (χ0) is 57.8. The third-order valence-electron chi connectivity index (χ3n) is 13.8. The van der Waals surface area contributed by atoms with Gasteiger partial charge in [0.15, 0.2) is 6.10 Å². The van der Waals surface area contributed by atoms with Gasteiger partial charge in [0.2, 0.25) is 0 Å². The van der Waals surface area contributed by atoms with Crippen LogP contribution in [0.3, 0.4) is 0 Å². The first-order valence-corrected chi connectivity index (χ1v) is 33.2. The molecular weight excluding hydrogens is 985 g/mol. The average Bonchev–Trinajstić information content (AvgIpc) is 3.46. The highest BCUT2D eigenvalue weighted by molar-refractivity contribution is 5.71. The molecule has 0 heterocycles. The van der Waals surface area contributed by atoms with E-state index in [1.165, 1.54) is 96.3 Å². The predicted molar refractivity (Wildman–Crippen MR) is 348 cm³/mol. The lowest BCUT2D eigenvalue weighted by Crippen LogP contribution is -2.30. The van der Waals surface area contributed by atoms with Gasteiger partial charge in [-0.05, 0) is 135 Å². The minimum absolute atomic E-state index is 0.0919. The monoisotopic (exact) mass is 1110 g/mol. The Bertz CT molecular complexity index is 1700. The Labute approximate surface area is 494 Å². The van der Waals surface area contributed by atoms with Crippen molar-refractivity contribution in [3.8, 4) is 0 Å². The molecule has 0 rings (SSSR count). The number of carbonyl (C=O) groups excluding carboxylic acids is 3. The molecule has 0 radical (unpaired) electrons. The molecule has 0 N–H and O–H groups in total. The van der Waals surface area contributed by atoms with Crippen LogP contribution in [0, 0.1) is 0 Å². The van der Waals surface area contributed by atoms with Crippen molar-refractivity contribution in [1.29, 1.82) is 0 Å². The van der Waals surface area contributed by atoms with Gasteiger partial charge in [-0.3, -0.25) is 14.4 Å². The molecule has 0 fully saturated rings. The van der Waals surface area contributed by atoms with Crippen molar-refractivity contribution < 1.29 is 28.6 Å². The van der Waals surface area contributed by atoms with E-state index in [2.05, 4.69) is 154 Å². The lowest BCUT2D eigenvalue weighted by molar-refractivity contribution is -0.167. The van der Waals surface area contributed by atoms with E-state index in [0.717, 1.165) is 161 Å². The molecule has 0 aromatic heterocycles. The van der Waals surface area contributed by atoms with Gasteiger partial charge in [-0.1, -0.05) is 276 Å². The number of unbranched alkanes of at least 4 members (excludes halogenated alkanes) is 26. The first kappa shape index (κ1) is 75.5. The standard InChI is InChI=1S/C74H122O6/c1-4-7-10-13-16-19-22-25-27-29-30-31-32-33-34-35-36-37-38-39-40-41-42-43-44-45-47-49-52-55-58-61-64-67-73(76)79-70-71(69-78-72(75)66-63-60-57-54-51-48-24-21-18-15-12-9-6-3)80-74(77)68-65-62-59-56-53-50-46-28-26-23-20-17-14-11-8-5-2/h7,10,12,15-16,19-21,23-25,27-28,30-31,33-34,36-37,39-40,46,71H,4-6,8-9,11,13-14,17-18,22,26,29,32,35,38,41-45,47-70H2,1-3H3/b10-7-,15-12-,19-16-,23-20-,24-21-,27-25-,31-30-,34-33-,37-36-,40-39-,46-28-. The summed E-state index contributed by atoms with van der Waals surface area (Å²) in [6, 6.07) is 0. The SMILES string of the molecule is CC/C=C\C/C=C\C/C=C\C/C=C\C/C=C\C/C=C\C/C=C\CCCCCCCCCCCCCC(=O)OCC(COC(=O)CCCCCCC/C=C\C/C=C\CCC)OC(=O)CCCCCCC/C=C\C/C=C\CCCCCC. The van der Waals surface area contributed by atoms with E-state index in [9.17, 15) is 14.4 Å². The maximum Gasteiger partial charge on any atom is 0.306 e. The number of ether oxygens (including phenoxy) is 3. The van der Waals surface area contributed by atoms with Crippen LogP contribution < -0.4 is 0 Å². The summed E-state index contributed by atoms with van der Waals surface area (Å²) in [7, 11) is 0. The van der Waals surface area contributed by atoms with Crippen molar-refractivity contribution in [3.05, 3.63) is 134 Å². The quantitative estimate of drug-likeness (QED) is 0.0261. The molecule has 454 valence electrons. The van der Waals surface area contributed by atoms with Crippen molar-refractivity contribution in [3.63, 3.8) is 0 Å². The molecule has 1 unspecified atom stereocenters. The van der Waals surface area contributed by atoms with Gasteiger partial charge in [-0.15, -0.1) is 0 Å². The smallest absolute Gasteiger partial charge is 0.306 e.